The molecule has 0 radical (unpaired) electrons. The minimum atomic E-state index is -0.910. The van der Waals surface area contributed by atoms with E-state index in [0.29, 0.717) is 37.9 Å². The Balaban J connectivity index is 2.79. The fourth-order valence-electron chi connectivity index (χ4n) is 3.46. The second-order valence-corrected chi connectivity index (χ2v) is 10.1. The van der Waals surface area contributed by atoms with E-state index in [2.05, 4.69) is 16.0 Å². The Morgan fingerprint density at radius 3 is 2.14 bits per heavy atom. The van der Waals surface area contributed by atoms with E-state index >= 15 is 0 Å². The van der Waals surface area contributed by atoms with Crippen LogP contribution in [0.4, 0.5) is 10.5 Å². The molecule has 196 valence electrons. The molecule has 0 aliphatic carbocycles. The summed E-state index contributed by atoms with van der Waals surface area (Å²) in [7, 11) is 0. The van der Waals surface area contributed by atoms with Gasteiger partial charge in [0, 0.05) is 24.2 Å². The van der Waals surface area contributed by atoms with Crippen LogP contribution < -0.4 is 27.4 Å². The van der Waals surface area contributed by atoms with Crippen molar-refractivity contribution in [2.75, 3.05) is 11.9 Å². The third kappa shape index (κ3) is 10.8. The van der Waals surface area contributed by atoms with Gasteiger partial charge in [-0.3, -0.25) is 14.4 Å². The fraction of sp³-hybridized carbons (Fsp3) is 0.600. The summed E-state index contributed by atoms with van der Waals surface area (Å²) >= 11 is 0. The Bertz CT molecular complexity index is 870. The molecule has 0 saturated carbocycles. The normalized spacial score (nSPS) is 14.0. The van der Waals surface area contributed by atoms with Gasteiger partial charge in [0.25, 0.3) is 0 Å². The molecule has 35 heavy (non-hydrogen) atoms. The van der Waals surface area contributed by atoms with Crippen molar-refractivity contribution in [3.63, 3.8) is 0 Å². The number of hydrogen-bond acceptors (Lipinski definition) is 5. The molecule has 1 rings (SSSR count). The maximum absolute atomic E-state index is 12.9. The number of carbonyl (C=O) groups is 4. The van der Waals surface area contributed by atoms with Crippen LogP contribution in [-0.4, -0.2) is 47.5 Å². The lowest BCUT2D eigenvalue weighted by molar-refractivity contribution is -0.147. The first-order valence-electron chi connectivity index (χ1n) is 12.0. The highest BCUT2D eigenvalue weighted by atomic mass is 16.4. The molecule has 4 amide bonds. The smallest absolute Gasteiger partial charge is 0.312 e. The third-order valence-corrected chi connectivity index (χ3v) is 6.09. The monoisotopic (exact) mass is 491 g/mol. The number of carboxylic acids is 1. The van der Waals surface area contributed by atoms with Crippen molar-refractivity contribution in [3.05, 3.63) is 29.8 Å². The zero-order valence-corrected chi connectivity index (χ0v) is 21.4. The first kappa shape index (κ1) is 29.9. The molecule has 0 unspecified atom stereocenters. The summed E-state index contributed by atoms with van der Waals surface area (Å²) in [4.78, 5) is 47.7. The standard InChI is InChI=1S/C25H41N5O5/c1-15(2)16(3)21(31)30-20(7-6-12-28-24(27)35)22(32)29-19-10-8-17(9-11-19)13-18(26)14-25(4,5)23(33)34/h8-11,15-16,18,20H,6-7,12-14,26H2,1-5H3,(H,29,32)(H,30,31)(H,33,34)(H3,27,28,35)/t16-,18-,20-/m0/s1. The Labute approximate surface area is 207 Å². The van der Waals surface area contributed by atoms with E-state index in [9.17, 15) is 24.3 Å². The SMILES string of the molecule is CC(C)[C@H](C)C(=O)N[C@@H](CCCNC(N)=O)C(=O)Nc1ccc(C[C@H](N)CC(C)(C)C(=O)O)cc1. The van der Waals surface area contributed by atoms with Crippen molar-refractivity contribution >= 4 is 29.5 Å². The van der Waals surface area contributed by atoms with E-state index in [-0.39, 0.29) is 29.7 Å². The molecule has 0 aliphatic heterocycles. The van der Waals surface area contributed by atoms with E-state index in [4.69, 9.17) is 11.5 Å². The lowest BCUT2D eigenvalue weighted by atomic mass is 9.84. The zero-order valence-electron chi connectivity index (χ0n) is 21.4. The number of urea groups is 1. The lowest BCUT2D eigenvalue weighted by Crippen LogP contribution is -2.46. The van der Waals surface area contributed by atoms with Crippen LogP contribution in [0.3, 0.4) is 0 Å². The average molecular weight is 492 g/mol. The molecule has 0 aliphatic rings. The number of carbonyl (C=O) groups excluding carboxylic acids is 3. The first-order chi connectivity index (χ1) is 16.2. The Morgan fingerprint density at radius 1 is 1.03 bits per heavy atom. The number of benzene rings is 1. The second kappa shape index (κ2) is 13.7. The highest BCUT2D eigenvalue weighted by Crippen LogP contribution is 2.23. The van der Waals surface area contributed by atoms with E-state index in [1.165, 1.54) is 0 Å². The van der Waals surface area contributed by atoms with E-state index in [1.807, 2.05) is 32.9 Å². The van der Waals surface area contributed by atoms with Crippen molar-refractivity contribution in [1.29, 1.82) is 0 Å². The molecule has 0 aromatic heterocycles. The van der Waals surface area contributed by atoms with Gasteiger partial charge in [0.1, 0.15) is 6.04 Å². The Morgan fingerprint density at radius 2 is 1.63 bits per heavy atom. The molecule has 1 aromatic carbocycles. The first-order valence-corrected chi connectivity index (χ1v) is 12.0. The number of nitrogens with one attached hydrogen (secondary N) is 3. The van der Waals surface area contributed by atoms with E-state index in [0.717, 1.165) is 5.56 Å². The number of aliphatic carboxylic acids is 1. The number of hydrogen-bond donors (Lipinski definition) is 6. The number of anilines is 1. The van der Waals surface area contributed by atoms with Crippen molar-refractivity contribution in [2.45, 2.75) is 72.4 Å². The molecule has 0 fully saturated rings. The van der Waals surface area contributed by atoms with Crippen molar-refractivity contribution in [2.24, 2.45) is 28.7 Å². The van der Waals surface area contributed by atoms with Crippen molar-refractivity contribution in [1.82, 2.24) is 10.6 Å². The topological polar surface area (TPSA) is 177 Å². The van der Waals surface area contributed by atoms with Crippen LogP contribution in [0.1, 0.15) is 59.4 Å². The minimum absolute atomic E-state index is 0.121. The fourth-order valence-corrected chi connectivity index (χ4v) is 3.46. The van der Waals surface area contributed by atoms with Gasteiger partial charge >= 0.3 is 12.0 Å². The molecular formula is C25H41N5O5. The van der Waals surface area contributed by atoms with Gasteiger partial charge in [-0.05, 0) is 63.1 Å². The molecule has 10 nitrogen and oxygen atoms in total. The molecule has 0 bridgehead atoms. The molecule has 3 atom stereocenters. The van der Waals surface area contributed by atoms with Crippen LogP contribution in [0.2, 0.25) is 0 Å². The van der Waals surface area contributed by atoms with Crippen LogP contribution in [-0.2, 0) is 20.8 Å². The largest absolute Gasteiger partial charge is 0.481 e. The highest BCUT2D eigenvalue weighted by molar-refractivity contribution is 5.97. The van der Waals surface area contributed by atoms with Crippen LogP contribution in [0.15, 0.2) is 24.3 Å². The van der Waals surface area contributed by atoms with E-state index in [1.54, 1.807) is 26.0 Å². The van der Waals surface area contributed by atoms with Gasteiger partial charge < -0.3 is 32.5 Å². The third-order valence-electron chi connectivity index (χ3n) is 6.09. The van der Waals surface area contributed by atoms with Gasteiger partial charge in [0.2, 0.25) is 11.8 Å². The highest BCUT2D eigenvalue weighted by Gasteiger charge is 2.29. The van der Waals surface area contributed by atoms with Gasteiger partial charge in [-0.2, -0.15) is 0 Å². The number of nitrogens with two attached hydrogens (primary N) is 2. The maximum Gasteiger partial charge on any atom is 0.312 e. The van der Waals surface area contributed by atoms with Gasteiger partial charge in [0.15, 0.2) is 0 Å². The van der Waals surface area contributed by atoms with Gasteiger partial charge in [-0.1, -0.05) is 32.9 Å². The molecule has 0 spiro atoms. The summed E-state index contributed by atoms with van der Waals surface area (Å²) in [5, 5.41) is 17.4. The molecule has 0 saturated heterocycles. The predicted octanol–water partition coefficient (Wildman–Crippen LogP) is 2.22. The average Bonchev–Trinajstić information content (AvgIpc) is 2.75. The maximum atomic E-state index is 12.9. The summed E-state index contributed by atoms with van der Waals surface area (Å²) in [6.07, 6.45) is 1.63. The number of rotatable bonds is 14. The number of amides is 4. The number of primary amides is 1. The summed E-state index contributed by atoms with van der Waals surface area (Å²) in [5.41, 5.74) is 11.8. The van der Waals surface area contributed by atoms with Crippen LogP contribution in [0.25, 0.3) is 0 Å². The molecule has 8 N–H and O–H groups in total. The van der Waals surface area contributed by atoms with Crippen LogP contribution >= 0.6 is 0 Å². The van der Waals surface area contributed by atoms with Crippen molar-refractivity contribution in [3.8, 4) is 0 Å². The van der Waals surface area contributed by atoms with Gasteiger partial charge in [-0.15, -0.1) is 0 Å². The molecule has 1 aromatic rings. The minimum Gasteiger partial charge on any atom is -0.481 e. The Kier molecular flexibility index (Phi) is 11.7. The lowest BCUT2D eigenvalue weighted by Gasteiger charge is -2.23. The predicted molar refractivity (Wildman–Crippen MR) is 136 cm³/mol. The quantitative estimate of drug-likeness (QED) is 0.217. The zero-order chi connectivity index (χ0) is 26.8. The summed E-state index contributed by atoms with van der Waals surface area (Å²) in [6, 6.07) is 5.40. The number of carboxylic acid groups (broad SMARTS) is 1. The summed E-state index contributed by atoms with van der Waals surface area (Å²) < 4.78 is 0. The van der Waals surface area contributed by atoms with Crippen LogP contribution in [0.5, 0.6) is 0 Å². The summed E-state index contributed by atoms with van der Waals surface area (Å²) in [6.45, 7) is 9.27. The van der Waals surface area contributed by atoms with Crippen molar-refractivity contribution < 1.29 is 24.3 Å². The molecular weight excluding hydrogens is 450 g/mol. The Hall–Kier alpha value is -3.14. The van der Waals surface area contributed by atoms with Gasteiger partial charge in [-0.25, -0.2) is 4.79 Å². The summed E-state index contributed by atoms with van der Waals surface area (Å²) in [5.74, 6) is -1.60. The van der Waals surface area contributed by atoms with Gasteiger partial charge in [0.05, 0.1) is 5.41 Å². The second-order valence-electron chi connectivity index (χ2n) is 10.1. The van der Waals surface area contributed by atoms with E-state index < -0.39 is 23.5 Å². The molecule has 10 heteroatoms. The van der Waals surface area contributed by atoms with Crippen LogP contribution in [0, 0.1) is 17.3 Å². The molecule has 0 heterocycles.